The van der Waals surface area contributed by atoms with Crippen molar-refractivity contribution < 1.29 is 13.2 Å². The summed E-state index contributed by atoms with van der Waals surface area (Å²) in [6.07, 6.45) is 5.77. The third-order valence-electron chi connectivity index (χ3n) is 4.16. The molecule has 10 nitrogen and oxygen atoms in total. The molecule has 0 aliphatic heterocycles. The average Bonchev–Trinajstić information content (AvgIpc) is 3.05. The molecule has 2 N–H and O–H groups in total. The van der Waals surface area contributed by atoms with Crippen LogP contribution in [0.1, 0.15) is 6.92 Å². The molecule has 1 amide bonds. The zero-order chi connectivity index (χ0) is 22.2. The van der Waals surface area contributed by atoms with Crippen molar-refractivity contribution in [1.82, 2.24) is 24.6 Å². The SMILES string of the molecule is CC(=O)Nc1nc2ccc(-c3cnc(Cl)c(NS(C)(=O)=O)c3)nn2c1-c1ccncc1. The van der Waals surface area contributed by atoms with Crippen LogP contribution in [-0.2, 0) is 14.8 Å². The van der Waals surface area contributed by atoms with Crippen LogP contribution in [-0.4, -0.2) is 45.1 Å². The first kappa shape index (κ1) is 20.7. The lowest BCUT2D eigenvalue weighted by atomic mass is 10.2. The molecule has 0 bridgehead atoms. The Morgan fingerprint density at radius 1 is 1.13 bits per heavy atom. The van der Waals surface area contributed by atoms with Crippen LogP contribution in [0.2, 0.25) is 5.15 Å². The number of amides is 1. The Bertz CT molecular complexity index is 1410. The van der Waals surface area contributed by atoms with Crippen molar-refractivity contribution >= 4 is 44.7 Å². The molecule has 0 fully saturated rings. The third-order valence-corrected chi connectivity index (χ3v) is 5.05. The van der Waals surface area contributed by atoms with Gasteiger partial charge >= 0.3 is 0 Å². The fraction of sp³-hybridized carbons (Fsp3) is 0.105. The van der Waals surface area contributed by atoms with Crippen LogP contribution >= 0.6 is 11.6 Å². The number of carbonyl (C=O) groups is 1. The minimum absolute atomic E-state index is 0.0169. The Morgan fingerprint density at radius 3 is 2.55 bits per heavy atom. The highest BCUT2D eigenvalue weighted by atomic mass is 35.5. The summed E-state index contributed by atoms with van der Waals surface area (Å²) in [5, 5.41) is 7.38. The minimum atomic E-state index is -3.54. The maximum absolute atomic E-state index is 11.7. The molecule has 4 heterocycles. The standard InChI is InChI=1S/C19H16ClN7O3S/c1-11(28)23-19-17(12-5-7-21-8-6-12)27-16(24-19)4-3-14(25-27)13-9-15(18(20)22-10-13)26-31(2,29)30/h3-10,26H,1-2H3,(H,23,28). The van der Waals surface area contributed by atoms with Gasteiger partial charge in [-0.15, -0.1) is 0 Å². The number of fused-ring (bicyclic) bond motifs is 1. The first-order valence-corrected chi connectivity index (χ1v) is 11.2. The van der Waals surface area contributed by atoms with Gasteiger partial charge in [-0.2, -0.15) is 5.10 Å². The van der Waals surface area contributed by atoms with Gasteiger partial charge in [-0.1, -0.05) is 11.6 Å². The van der Waals surface area contributed by atoms with Gasteiger partial charge in [0.25, 0.3) is 0 Å². The molecule has 158 valence electrons. The number of carbonyl (C=O) groups excluding carboxylic acids is 1. The number of aromatic nitrogens is 5. The second-order valence-electron chi connectivity index (χ2n) is 6.65. The van der Waals surface area contributed by atoms with E-state index < -0.39 is 10.0 Å². The van der Waals surface area contributed by atoms with Gasteiger partial charge in [0.05, 0.1) is 17.6 Å². The van der Waals surface area contributed by atoms with E-state index in [9.17, 15) is 13.2 Å². The molecular formula is C19H16ClN7O3S. The average molecular weight is 458 g/mol. The quantitative estimate of drug-likeness (QED) is 0.440. The summed E-state index contributed by atoms with van der Waals surface area (Å²) < 4.78 is 27.1. The summed E-state index contributed by atoms with van der Waals surface area (Å²) in [5.41, 5.74) is 3.01. The number of hydrogen-bond donors (Lipinski definition) is 2. The van der Waals surface area contributed by atoms with Crippen LogP contribution in [0.4, 0.5) is 11.5 Å². The summed E-state index contributed by atoms with van der Waals surface area (Å²) in [6, 6.07) is 8.55. The van der Waals surface area contributed by atoms with Crippen LogP contribution in [0.25, 0.3) is 28.2 Å². The second-order valence-corrected chi connectivity index (χ2v) is 8.76. The van der Waals surface area contributed by atoms with Crippen molar-refractivity contribution in [1.29, 1.82) is 0 Å². The van der Waals surface area contributed by atoms with Crippen molar-refractivity contribution in [2.24, 2.45) is 0 Å². The predicted octanol–water partition coefficient (Wildman–Crippen LogP) is 2.84. The van der Waals surface area contributed by atoms with Crippen LogP contribution in [0.15, 0.2) is 48.9 Å². The maximum Gasteiger partial charge on any atom is 0.229 e. The minimum Gasteiger partial charge on any atom is -0.309 e. The number of imidazole rings is 1. The van der Waals surface area contributed by atoms with Crippen molar-refractivity contribution in [2.75, 3.05) is 16.3 Å². The molecule has 0 aromatic carbocycles. The normalized spacial score (nSPS) is 11.5. The predicted molar refractivity (Wildman–Crippen MR) is 117 cm³/mol. The van der Waals surface area contributed by atoms with E-state index in [4.69, 9.17) is 11.6 Å². The lowest BCUT2D eigenvalue weighted by Crippen LogP contribution is -2.10. The molecule has 4 aromatic heterocycles. The number of halogens is 1. The van der Waals surface area contributed by atoms with Gasteiger partial charge in [0.2, 0.25) is 15.9 Å². The van der Waals surface area contributed by atoms with E-state index in [2.05, 4.69) is 30.1 Å². The van der Waals surface area contributed by atoms with Crippen LogP contribution in [0.3, 0.4) is 0 Å². The number of nitrogens with one attached hydrogen (secondary N) is 2. The van der Waals surface area contributed by atoms with Gasteiger partial charge in [-0.25, -0.2) is 22.9 Å². The van der Waals surface area contributed by atoms with Crippen molar-refractivity contribution in [3.05, 3.63) is 54.1 Å². The number of rotatable bonds is 5. The Hall–Kier alpha value is -3.57. The van der Waals surface area contributed by atoms with E-state index in [1.807, 2.05) is 0 Å². The van der Waals surface area contributed by atoms with E-state index in [0.717, 1.165) is 11.8 Å². The fourth-order valence-electron chi connectivity index (χ4n) is 2.97. The first-order chi connectivity index (χ1) is 14.7. The number of hydrogen-bond acceptors (Lipinski definition) is 7. The van der Waals surface area contributed by atoms with E-state index >= 15 is 0 Å². The number of anilines is 2. The highest BCUT2D eigenvalue weighted by Gasteiger charge is 2.18. The topological polar surface area (TPSA) is 131 Å². The molecule has 0 saturated heterocycles. The Morgan fingerprint density at radius 2 is 1.87 bits per heavy atom. The van der Waals surface area contributed by atoms with Gasteiger partial charge < -0.3 is 5.32 Å². The molecule has 12 heteroatoms. The van der Waals surface area contributed by atoms with Crippen molar-refractivity contribution in [3.63, 3.8) is 0 Å². The molecule has 0 aliphatic carbocycles. The summed E-state index contributed by atoms with van der Waals surface area (Å²) >= 11 is 6.02. The number of sulfonamides is 1. The second kappa shape index (κ2) is 7.93. The summed E-state index contributed by atoms with van der Waals surface area (Å²) in [6.45, 7) is 1.40. The first-order valence-electron chi connectivity index (χ1n) is 8.93. The molecule has 0 radical (unpaired) electrons. The monoisotopic (exact) mass is 457 g/mol. The molecule has 0 atom stereocenters. The summed E-state index contributed by atoms with van der Waals surface area (Å²) in [5.74, 6) is 0.0920. The molecule has 0 unspecified atom stereocenters. The molecular weight excluding hydrogens is 442 g/mol. The molecule has 0 aliphatic rings. The highest BCUT2D eigenvalue weighted by molar-refractivity contribution is 7.92. The van der Waals surface area contributed by atoms with Crippen molar-refractivity contribution in [3.8, 4) is 22.5 Å². The summed E-state index contributed by atoms with van der Waals surface area (Å²) in [4.78, 5) is 24.2. The van der Waals surface area contributed by atoms with Crippen LogP contribution in [0.5, 0.6) is 0 Å². The van der Waals surface area contributed by atoms with Crippen molar-refractivity contribution in [2.45, 2.75) is 6.92 Å². The van der Waals surface area contributed by atoms with E-state index in [0.29, 0.717) is 28.4 Å². The third kappa shape index (κ3) is 4.47. The van der Waals surface area contributed by atoms with Crippen LogP contribution < -0.4 is 10.0 Å². The smallest absolute Gasteiger partial charge is 0.229 e. The van der Waals surface area contributed by atoms with E-state index in [1.165, 1.54) is 13.1 Å². The van der Waals surface area contributed by atoms with Gasteiger partial charge in [0.1, 0.15) is 5.69 Å². The Balaban J connectivity index is 1.88. The van der Waals surface area contributed by atoms with Gasteiger partial charge in [0, 0.05) is 36.6 Å². The van der Waals surface area contributed by atoms with Gasteiger partial charge in [-0.05, 0) is 30.3 Å². The zero-order valence-corrected chi connectivity index (χ0v) is 17.9. The molecule has 4 aromatic rings. The lowest BCUT2D eigenvalue weighted by Gasteiger charge is -2.09. The van der Waals surface area contributed by atoms with E-state index in [-0.39, 0.29) is 16.7 Å². The van der Waals surface area contributed by atoms with Gasteiger partial charge in [0.15, 0.2) is 16.6 Å². The molecule has 0 saturated carbocycles. The fourth-order valence-corrected chi connectivity index (χ4v) is 3.73. The maximum atomic E-state index is 11.7. The Kier molecular flexibility index (Phi) is 5.29. The van der Waals surface area contributed by atoms with E-state index in [1.54, 1.807) is 47.2 Å². The molecule has 31 heavy (non-hydrogen) atoms. The lowest BCUT2D eigenvalue weighted by molar-refractivity contribution is -0.114. The summed E-state index contributed by atoms with van der Waals surface area (Å²) in [7, 11) is -3.54. The molecule has 4 rings (SSSR count). The Labute approximate surface area is 182 Å². The highest BCUT2D eigenvalue weighted by Crippen LogP contribution is 2.31. The van der Waals surface area contributed by atoms with Gasteiger partial charge in [-0.3, -0.25) is 14.5 Å². The number of pyridine rings is 2. The molecule has 0 spiro atoms. The zero-order valence-electron chi connectivity index (χ0n) is 16.4. The number of nitrogens with zero attached hydrogens (tertiary/aromatic N) is 5. The van der Waals surface area contributed by atoms with Crippen LogP contribution in [0, 0.1) is 0 Å². The largest absolute Gasteiger partial charge is 0.309 e.